The summed E-state index contributed by atoms with van der Waals surface area (Å²) >= 11 is 0. The van der Waals surface area contributed by atoms with Crippen LogP contribution in [-0.4, -0.2) is 72.0 Å². The fraction of sp³-hybridized carbons (Fsp3) is 0.500. The third kappa shape index (κ3) is 4.95. The highest BCUT2D eigenvalue weighted by molar-refractivity contribution is 5.89. The molecule has 3 heterocycles. The number of morpholine rings is 1. The van der Waals surface area contributed by atoms with Gasteiger partial charge in [-0.15, -0.1) is 0 Å². The Morgan fingerprint density at radius 2 is 2.06 bits per heavy atom. The summed E-state index contributed by atoms with van der Waals surface area (Å²) in [5, 5.41) is 14.3. The van der Waals surface area contributed by atoms with Gasteiger partial charge in [-0.05, 0) is 44.7 Å². The van der Waals surface area contributed by atoms with Crippen molar-refractivity contribution in [1.82, 2.24) is 20.2 Å². The summed E-state index contributed by atoms with van der Waals surface area (Å²) in [4.78, 5) is 26.3. The first-order valence-electron chi connectivity index (χ1n) is 10.7. The molecule has 1 aromatic heterocycles. The Hall–Kier alpha value is -2.75. The first kappa shape index (κ1) is 21.5. The zero-order valence-electron chi connectivity index (χ0n) is 18.1. The third-order valence-electron chi connectivity index (χ3n) is 5.58. The van der Waals surface area contributed by atoms with E-state index < -0.39 is 0 Å². The molecule has 2 aromatic rings. The topological polar surface area (TPSA) is 103 Å². The van der Waals surface area contributed by atoms with Crippen LogP contribution in [0.4, 0.5) is 16.3 Å². The summed E-state index contributed by atoms with van der Waals surface area (Å²) in [7, 11) is 2.10. The van der Waals surface area contributed by atoms with E-state index in [0.717, 1.165) is 36.7 Å². The molecular weight excluding hydrogens is 396 g/mol. The fourth-order valence-corrected chi connectivity index (χ4v) is 3.96. The molecule has 0 unspecified atom stereocenters. The number of urea groups is 1. The molecule has 31 heavy (non-hydrogen) atoms. The monoisotopic (exact) mass is 426 g/mol. The van der Waals surface area contributed by atoms with Crippen LogP contribution in [-0.2, 0) is 17.8 Å². The number of nitrogens with zero attached hydrogens (tertiary/aromatic N) is 4. The van der Waals surface area contributed by atoms with Crippen molar-refractivity contribution in [1.29, 1.82) is 0 Å². The first-order chi connectivity index (χ1) is 15.0. The highest BCUT2D eigenvalue weighted by Gasteiger charge is 2.29. The Morgan fingerprint density at radius 3 is 2.81 bits per heavy atom. The lowest BCUT2D eigenvalue weighted by molar-refractivity contribution is 0.0984. The van der Waals surface area contributed by atoms with Crippen molar-refractivity contribution in [3.63, 3.8) is 0 Å². The molecule has 0 saturated carbocycles. The number of rotatable bonds is 6. The Balaban J connectivity index is 1.56. The van der Waals surface area contributed by atoms with Gasteiger partial charge in [0.15, 0.2) is 5.82 Å². The van der Waals surface area contributed by atoms with E-state index in [4.69, 9.17) is 19.8 Å². The van der Waals surface area contributed by atoms with Crippen LogP contribution in [0.3, 0.4) is 0 Å². The number of nitrogens with one attached hydrogen (secondary N) is 2. The Labute approximate surface area is 182 Å². The SMILES string of the molecule is C[C@H]1COCCN1c1nc(-c2ccc(NC(=O)NCCCO)cc2)nc2c1CN(C)C2. The number of fused-ring (bicyclic) bond motifs is 1. The van der Waals surface area contributed by atoms with Crippen LogP contribution in [0, 0.1) is 0 Å². The summed E-state index contributed by atoms with van der Waals surface area (Å²) in [5.74, 6) is 1.70. The number of aliphatic hydroxyl groups is 1. The zero-order chi connectivity index (χ0) is 21.8. The molecule has 1 aromatic carbocycles. The van der Waals surface area contributed by atoms with Crippen LogP contribution in [0.15, 0.2) is 24.3 Å². The molecule has 1 saturated heterocycles. The molecule has 2 amide bonds. The number of amides is 2. The van der Waals surface area contributed by atoms with Crippen molar-refractivity contribution >= 4 is 17.5 Å². The van der Waals surface area contributed by atoms with Gasteiger partial charge in [-0.2, -0.15) is 0 Å². The van der Waals surface area contributed by atoms with Gasteiger partial charge in [0.2, 0.25) is 0 Å². The van der Waals surface area contributed by atoms with E-state index in [2.05, 4.69) is 34.4 Å². The Kier molecular flexibility index (Phi) is 6.64. The molecule has 2 aliphatic heterocycles. The standard InChI is InChI=1S/C22H30N6O3/c1-15-14-31-11-9-28(15)21-18-12-27(2)13-19(18)25-20(26-21)16-4-6-17(7-5-16)24-22(30)23-8-3-10-29/h4-7,15,29H,3,8-14H2,1-2H3,(H2,23,24,30)/t15-/m0/s1. The second kappa shape index (κ2) is 9.59. The van der Waals surface area contributed by atoms with Crippen molar-refractivity contribution < 1.29 is 14.6 Å². The molecule has 4 rings (SSSR count). The van der Waals surface area contributed by atoms with Crippen LogP contribution < -0.4 is 15.5 Å². The van der Waals surface area contributed by atoms with E-state index in [-0.39, 0.29) is 18.7 Å². The van der Waals surface area contributed by atoms with Crippen molar-refractivity contribution in [2.24, 2.45) is 0 Å². The lowest BCUT2D eigenvalue weighted by atomic mass is 10.1. The molecule has 166 valence electrons. The van der Waals surface area contributed by atoms with Crippen LogP contribution in [0.1, 0.15) is 24.6 Å². The summed E-state index contributed by atoms with van der Waals surface area (Å²) < 4.78 is 5.62. The molecule has 1 fully saturated rings. The maximum absolute atomic E-state index is 11.9. The lowest BCUT2D eigenvalue weighted by Gasteiger charge is -2.35. The molecule has 9 heteroatoms. The average molecular weight is 427 g/mol. The fourth-order valence-electron chi connectivity index (χ4n) is 3.96. The van der Waals surface area contributed by atoms with Crippen LogP contribution in [0.25, 0.3) is 11.4 Å². The predicted molar refractivity (Wildman–Crippen MR) is 119 cm³/mol. The second-order valence-corrected chi connectivity index (χ2v) is 8.12. The molecule has 1 atom stereocenters. The van der Waals surface area contributed by atoms with Crippen LogP contribution in [0.5, 0.6) is 0 Å². The Morgan fingerprint density at radius 1 is 1.26 bits per heavy atom. The molecule has 0 spiro atoms. The zero-order valence-corrected chi connectivity index (χ0v) is 18.1. The minimum Gasteiger partial charge on any atom is -0.396 e. The van der Waals surface area contributed by atoms with Crippen LogP contribution in [0.2, 0.25) is 0 Å². The number of carbonyl (C=O) groups excluding carboxylic acids is 1. The van der Waals surface area contributed by atoms with E-state index in [9.17, 15) is 4.79 Å². The largest absolute Gasteiger partial charge is 0.396 e. The molecule has 9 nitrogen and oxygen atoms in total. The smallest absolute Gasteiger partial charge is 0.319 e. The van der Waals surface area contributed by atoms with E-state index in [1.807, 2.05) is 24.3 Å². The van der Waals surface area contributed by atoms with Crippen molar-refractivity contribution in [2.75, 3.05) is 50.2 Å². The number of hydrogen-bond acceptors (Lipinski definition) is 7. The van der Waals surface area contributed by atoms with Gasteiger partial charge < -0.3 is 25.4 Å². The van der Waals surface area contributed by atoms with Gasteiger partial charge in [0.25, 0.3) is 0 Å². The minimum atomic E-state index is -0.290. The highest BCUT2D eigenvalue weighted by atomic mass is 16.5. The quantitative estimate of drug-likeness (QED) is 0.606. The molecular formula is C22H30N6O3. The number of aromatic nitrogens is 2. The molecule has 0 radical (unpaired) electrons. The molecule has 2 aliphatic rings. The van der Waals surface area contributed by atoms with E-state index in [1.165, 1.54) is 5.56 Å². The number of aliphatic hydroxyl groups excluding tert-OH is 1. The summed E-state index contributed by atoms with van der Waals surface area (Å²) in [6, 6.07) is 7.53. The van der Waals surface area contributed by atoms with Crippen molar-refractivity contribution in [3.05, 3.63) is 35.5 Å². The van der Waals surface area contributed by atoms with Gasteiger partial charge in [-0.3, -0.25) is 4.90 Å². The van der Waals surface area contributed by atoms with Crippen LogP contribution >= 0.6 is 0 Å². The number of benzene rings is 1. The van der Waals surface area contributed by atoms with E-state index >= 15 is 0 Å². The summed E-state index contributed by atoms with van der Waals surface area (Å²) in [6.07, 6.45) is 0.529. The first-order valence-corrected chi connectivity index (χ1v) is 10.7. The predicted octanol–water partition coefficient (Wildman–Crippen LogP) is 1.82. The maximum atomic E-state index is 11.9. The molecule has 0 bridgehead atoms. The molecule has 3 N–H and O–H groups in total. The summed E-state index contributed by atoms with van der Waals surface area (Å²) in [5.41, 5.74) is 3.88. The number of hydrogen-bond donors (Lipinski definition) is 3. The van der Waals surface area contributed by atoms with Gasteiger partial charge in [0.05, 0.1) is 24.9 Å². The number of ether oxygens (including phenoxy) is 1. The van der Waals surface area contributed by atoms with Crippen molar-refractivity contribution in [3.8, 4) is 11.4 Å². The van der Waals surface area contributed by atoms with Gasteiger partial charge in [-0.1, -0.05) is 0 Å². The van der Waals surface area contributed by atoms with Gasteiger partial charge in [-0.25, -0.2) is 14.8 Å². The third-order valence-corrected chi connectivity index (χ3v) is 5.58. The normalized spacial score (nSPS) is 18.7. The summed E-state index contributed by atoms with van der Waals surface area (Å²) in [6.45, 7) is 6.53. The minimum absolute atomic E-state index is 0.0523. The van der Waals surface area contributed by atoms with Gasteiger partial charge in [0, 0.05) is 49.6 Å². The van der Waals surface area contributed by atoms with Gasteiger partial charge >= 0.3 is 6.03 Å². The second-order valence-electron chi connectivity index (χ2n) is 8.12. The van der Waals surface area contributed by atoms with Crippen molar-refractivity contribution in [2.45, 2.75) is 32.5 Å². The van der Waals surface area contributed by atoms with E-state index in [1.54, 1.807) is 0 Å². The van der Waals surface area contributed by atoms with E-state index in [0.29, 0.717) is 37.7 Å². The number of carbonyl (C=O) groups is 1. The molecule has 0 aliphatic carbocycles. The highest BCUT2D eigenvalue weighted by Crippen LogP contribution is 2.32. The Bertz CT molecular complexity index is 920. The maximum Gasteiger partial charge on any atom is 0.319 e. The average Bonchev–Trinajstić information content (AvgIpc) is 3.14. The van der Waals surface area contributed by atoms with Gasteiger partial charge in [0.1, 0.15) is 5.82 Å². The number of anilines is 2. The lowest BCUT2D eigenvalue weighted by Crippen LogP contribution is -2.44.